The van der Waals surface area contributed by atoms with Crippen molar-refractivity contribution in [2.75, 3.05) is 13.2 Å². The Hall–Kier alpha value is -2.26. The van der Waals surface area contributed by atoms with Gasteiger partial charge in [0.15, 0.2) is 0 Å². The monoisotopic (exact) mass is 646 g/mol. The van der Waals surface area contributed by atoms with Crippen molar-refractivity contribution in [2.24, 2.45) is 5.73 Å². The molecule has 3 N–H and O–H groups in total. The van der Waals surface area contributed by atoms with Crippen molar-refractivity contribution in [3.63, 3.8) is 0 Å². The molecular weight excluding hydrogens is 621 g/mol. The Morgan fingerprint density at radius 1 is 1.19 bits per heavy atom. The number of pyridine rings is 1. The second-order valence-corrected chi connectivity index (χ2v) is 9.24. The molecule has 1 atom stereocenters. The molecule has 2 aromatic carbocycles. The second kappa shape index (κ2) is 15.1. The number of halogens is 4. The van der Waals surface area contributed by atoms with Crippen LogP contribution < -0.4 is 10.5 Å². The molecule has 0 bridgehead atoms. The number of nitrogens with zero attached hydrogens (tertiary/aromatic N) is 1. The van der Waals surface area contributed by atoms with E-state index in [9.17, 15) is 8.78 Å². The number of benzene rings is 2. The smallest absolute Gasteiger partial charge is 0.148 e. The van der Waals surface area contributed by atoms with Crippen LogP contribution in [0.2, 0.25) is 5.02 Å². The van der Waals surface area contributed by atoms with Gasteiger partial charge in [0.2, 0.25) is 0 Å². The standard InChI is InChI=1S/C24H23ClF2INO2S.C2H3NO/c1-4-17-18(10-11-20(27)22(17)25)23-24(30-5-2)14(3)12-21(29-23)19(13-31-32-28)15-6-8-16(26)9-7-15;3-1-2-4/h6-12,19H,4-5,13H2,1-3H3;4H,3H2. The number of aryl methyl sites for hydroxylation is 1. The van der Waals surface area contributed by atoms with E-state index in [1.165, 1.54) is 33.5 Å². The lowest BCUT2D eigenvalue weighted by Crippen LogP contribution is -2.12. The number of ether oxygens (including phenoxy) is 1. The summed E-state index contributed by atoms with van der Waals surface area (Å²) in [6.07, 6.45) is 2.00. The number of hydrogen-bond donors (Lipinski definition) is 2. The fourth-order valence-corrected chi connectivity index (χ4v) is 4.60. The maximum atomic E-state index is 14.2. The van der Waals surface area contributed by atoms with Gasteiger partial charge in [-0.3, -0.25) is 0 Å². The van der Waals surface area contributed by atoms with Crippen molar-refractivity contribution >= 4 is 42.0 Å². The summed E-state index contributed by atoms with van der Waals surface area (Å²) in [6.45, 7) is 6.59. The zero-order valence-corrected chi connectivity index (χ0v) is 23.7. The van der Waals surface area contributed by atoms with Gasteiger partial charge in [0.1, 0.15) is 29.2 Å². The molecular formula is C26H26ClF2IN2O3S. The van der Waals surface area contributed by atoms with Gasteiger partial charge in [-0.25, -0.2) is 13.8 Å². The summed E-state index contributed by atoms with van der Waals surface area (Å²) in [5.74, 6) is -0.362. The number of hydrogen-bond acceptors (Lipinski definition) is 6. The van der Waals surface area contributed by atoms with Gasteiger partial charge in [0.25, 0.3) is 0 Å². The van der Waals surface area contributed by atoms with Gasteiger partial charge in [-0.1, -0.05) is 30.7 Å². The van der Waals surface area contributed by atoms with Crippen molar-refractivity contribution in [2.45, 2.75) is 33.1 Å². The quantitative estimate of drug-likeness (QED) is 0.110. The first-order valence-corrected chi connectivity index (χ1v) is 14.6. The molecule has 0 spiro atoms. The molecule has 0 aliphatic rings. The maximum Gasteiger partial charge on any atom is 0.148 e. The first-order chi connectivity index (χ1) is 17.3. The van der Waals surface area contributed by atoms with Crippen LogP contribution in [-0.2, 0) is 10.6 Å². The minimum atomic E-state index is -0.463. The van der Waals surface area contributed by atoms with Crippen molar-refractivity contribution in [1.82, 2.24) is 4.98 Å². The molecule has 3 rings (SSSR count). The van der Waals surface area contributed by atoms with E-state index in [0.717, 1.165) is 22.4 Å². The lowest BCUT2D eigenvalue weighted by Gasteiger charge is -2.21. The van der Waals surface area contributed by atoms with Crippen LogP contribution in [0.3, 0.4) is 0 Å². The second-order valence-electron chi connectivity index (χ2n) is 7.42. The van der Waals surface area contributed by atoms with Crippen molar-refractivity contribution in [1.29, 1.82) is 0 Å². The van der Waals surface area contributed by atoms with Crippen molar-refractivity contribution < 1.29 is 22.8 Å². The normalized spacial score (nSPS) is 11.1. The number of aliphatic hydroxyl groups excluding tert-OH is 1. The Morgan fingerprint density at radius 3 is 2.42 bits per heavy atom. The molecule has 1 heterocycles. The Balaban J connectivity index is 0.00000106. The molecule has 5 nitrogen and oxygen atoms in total. The minimum Gasteiger partial charge on any atom is -0.491 e. The molecule has 36 heavy (non-hydrogen) atoms. The molecule has 0 radical (unpaired) electrons. The fourth-order valence-electron chi connectivity index (χ4n) is 3.68. The molecule has 1 unspecified atom stereocenters. The number of rotatable bonds is 9. The van der Waals surface area contributed by atoms with Crippen LogP contribution in [0.1, 0.15) is 42.1 Å². The summed E-state index contributed by atoms with van der Waals surface area (Å²) in [7, 11) is 1.23. The largest absolute Gasteiger partial charge is 0.491 e. The van der Waals surface area contributed by atoms with Crippen LogP contribution in [0.4, 0.5) is 8.78 Å². The third-order valence-corrected chi connectivity index (χ3v) is 6.64. The predicted molar refractivity (Wildman–Crippen MR) is 150 cm³/mol. The number of nitrogens with two attached hydrogens (primary N) is 1. The van der Waals surface area contributed by atoms with E-state index >= 15 is 0 Å². The van der Waals surface area contributed by atoms with Crippen LogP contribution in [-0.4, -0.2) is 23.3 Å². The van der Waals surface area contributed by atoms with Crippen LogP contribution in [0, 0.1) is 30.7 Å². The summed E-state index contributed by atoms with van der Waals surface area (Å²) in [5, 5.41) is 7.48. The summed E-state index contributed by atoms with van der Waals surface area (Å²) in [5.41, 5.74) is 8.95. The van der Waals surface area contributed by atoms with Gasteiger partial charge in [0, 0.05) is 32.8 Å². The lowest BCUT2D eigenvalue weighted by atomic mass is 9.93. The maximum absolute atomic E-state index is 14.2. The van der Waals surface area contributed by atoms with Crippen LogP contribution in [0.25, 0.3) is 11.3 Å². The van der Waals surface area contributed by atoms with Gasteiger partial charge in [-0.2, -0.15) is 0 Å². The van der Waals surface area contributed by atoms with E-state index in [1.807, 2.05) is 26.8 Å². The zero-order valence-electron chi connectivity index (χ0n) is 19.9. The lowest BCUT2D eigenvalue weighted by molar-refractivity contribution is 0.336. The van der Waals surface area contributed by atoms with Gasteiger partial charge in [-0.05, 0) is 67.3 Å². The van der Waals surface area contributed by atoms with Crippen LogP contribution >= 0.6 is 42.0 Å². The van der Waals surface area contributed by atoms with Crippen molar-refractivity contribution in [3.05, 3.63) is 81.5 Å². The van der Waals surface area contributed by atoms with E-state index in [2.05, 4.69) is 26.9 Å². The highest BCUT2D eigenvalue weighted by atomic mass is 127. The Morgan fingerprint density at radius 2 is 1.86 bits per heavy atom. The first-order valence-electron chi connectivity index (χ1n) is 10.9. The third kappa shape index (κ3) is 7.62. The van der Waals surface area contributed by atoms with E-state index in [1.54, 1.807) is 24.2 Å². The Bertz CT molecular complexity index is 1210. The Kier molecular flexibility index (Phi) is 12.6. The number of aliphatic hydroxyl groups is 1. The molecule has 0 aliphatic heterocycles. The highest BCUT2D eigenvalue weighted by Gasteiger charge is 2.23. The topological polar surface area (TPSA) is 77.6 Å². The molecule has 0 amide bonds. The van der Waals surface area contributed by atoms with E-state index in [0.29, 0.717) is 36.6 Å². The summed E-state index contributed by atoms with van der Waals surface area (Å²) in [6, 6.07) is 13.1. The van der Waals surface area contributed by atoms with Crippen LogP contribution in [0.15, 0.2) is 42.5 Å². The molecule has 0 aliphatic carbocycles. The van der Waals surface area contributed by atoms with Gasteiger partial charge in [-0.15, -0.1) is 0 Å². The summed E-state index contributed by atoms with van der Waals surface area (Å²) in [4.78, 5) is 4.96. The van der Waals surface area contributed by atoms with Gasteiger partial charge in [0.05, 0.1) is 39.1 Å². The predicted octanol–water partition coefficient (Wildman–Crippen LogP) is 7.33. The molecule has 3 aromatic rings. The van der Waals surface area contributed by atoms with Crippen LogP contribution in [0.5, 0.6) is 5.75 Å². The van der Waals surface area contributed by atoms with Gasteiger partial charge < -0.3 is 19.8 Å². The Labute approximate surface area is 231 Å². The molecule has 192 valence electrons. The molecule has 0 saturated heterocycles. The average Bonchev–Trinajstić information content (AvgIpc) is 2.88. The summed E-state index contributed by atoms with van der Waals surface area (Å²) >= 11 is 8.36. The molecule has 0 fully saturated rings. The average molecular weight is 647 g/mol. The number of aromatic nitrogens is 1. The molecule has 0 saturated carbocycles. The highest BCUT2D eigenvalue weighted by Crippen LogP contribution is 2.39. The third-order valence-electron chi connectivity index (χ3n) is 5.25. The van der Waals surface area contributed by atoms with E-state index < -0.39 is 5.82 Å². The SMILES string of the molecule is CCOc1c(C)cc(C(COSI)c2ccc(F)cc2)nc1-c1ccc(F)c(Cl)c1CC.NC#CO. The molecule has 1 aromatic heterocycles. The van der Waals surface area contributed by atoms with E-state index in [4.69, 9.17) is 30.6 Å². The highest BCUT2D eigenvalue weighted by molar-refractivity contribution is 14.2. The minimum absolute atomic E-state index is 0.0945. The molecule has 10 heteroatoms. The first kappa shape index (κ1) is 30.0. The van der Waals surface area contributed by atoms with Gasteiger partial charge >= 0.3 is 0 Å². The van der Waals surface area contributed by atoms with E-state index in [-0.39, 0.29) is 16.8 Å². The van der Waals surface area contributed by atoms with Crippen molar-refractivity contribution in [3.8, 4) is 29.2 Å². The summed E-state index contributed by atoms with van der Waals surface area (Å²) < 4.78 is 39.3. The fraction of sp³-hybridized carbons (Fsp3) is 0.269. The zero-order chi connectivity index (χ0) is 26.7.